The molecule has 10 aromatic rings. The molecule has 8 aromatic carbocycles. The van der Waals surface area contributed by atoms with Gasteiger partial charge in [0.1, 0.15) is 11.5 Å². The Morgan fingerprint density at radius 1 is 0.453 bits per heavy atom. The highest BCUT2D eigenvalue weighted by Gasteiger charge is 2.31. The van der Waals surface area contributed by atoms with Crippen molar-refractivity contribution in [3.63, 3.8) is 0 Å². The van der Waals surface area contributed by atoms with Crippen LogP contribution in [0.1, 0.15) is 18.3 Å². The lowest BCUT2D eigenvalue weighted by molar-refractivity contribution is 0.591. The molecule has 308 valence electrons. The van der Waals surface area contributed by atoms with E-state index in [1.807, 2.05) is 146 Å². The van der Waals surface area contributed by atoms with Crippen molar-refractivity contribution in [2.45, 2.75) is 13.3 Å². The first-order valence-corrected chi connectivity index (χ1v) is 25.1. The minimum atomic E-state index is -3.10. The number of benzene rings is 8. The second-order valence-electron chi connectivity index (χ2n) is 16.5. The molecule has 2 heterocycles. The summed E-state index contributed by atoms with van der Waals surface area (Å²) in [5.74, 6) is 1.20. The van der Waals surface area contributed by atoms with Gasteiger partial charge in [0.15, 0.2) is 14.3 Å². The molecule has 0 spiro atoms. The summed E-state index contributed by atoms with van der Waals surface area (Å²) in [4.78, 5) is 10.7. The summed E-state index contributed by atoms with van der Waals surface area (Å²) in [5.41, 5.74) is 8.92. The Morgan fingerprint density at radius 3 is 1.39 bits per heavy atom. The number of aromatic nitrogens is 3. The number of allylic oxidation sites excluding steroid dienone is 1. The first-order chi connectivity index (χ1) is 31.4. The number of rotatable bonds is 9. The molecule has 5 nitrogen and oxygen atoms in total. The Balaban J connectivity index is 0.984. The van der Waals surface area contributed by atoms with Crippen molar-refractivity contribution in [1.29, 1.82) is 0 Å². The molecule has 1 aliphatic rings. The summed E-state index contributed by atoms with van der Waals surface area (Å²) in [5, 5.41) is 5.81. The van der Waals surface area contributed by atoms with Gasteiger partial charge in [0.05, 0.1) is 16.9 Å². The van der Waals surface area contributed by atoms with Crippen LogP contribution in [0.25, 0.3) is 56.3 Å². The van der Waals surface area contributed by atoms with Crippen molar-refractivity contribution in [3.8, 4) is 33.6 Å². The Kier molecular flexibility index (Phi) is 10.0. The molecule has 0 radical (unpaired) electrons. The summed E-state index contributed by atoms with van der Waals surface area (Å²) >= 11 is 0. The Hall–Kier alpha value is -7.16. The Morgan fingerprint density at radius 2 is 0.891 bits per heavy atom. The molecule has 0 bridgehead atoms. The average Bonchev–Trinajstić information content (AvgIpc) is 3.75. The van der Waals surface area contributed by atoms with Crippen molar-refractivity contribution < 1.29 is 9.13 Å². The zero-order chi connectivity index (χ0) is 43.3. The molecule has 0 unspecified atom stereocenters. The minimum absolute atomic E-state index is 0.377. The third kappa shape index (κ3) is 6.81. The Labute approximate surface area is 373 Å². The van der Waals surface area contributed by atoms with E-state index in [4.69, 9.17) is 9.97 Å². The van der Waals surface area contributed by atoms with Crippen LogP contribution < -0.4 is 31.8 Å². The molecule has 0 saturated heterocycles. The number of hydrogen-bond donors (Lipinski definition) is 0. The van der Waals surface area contributed by atoms with E-state index in [0.717, 1.165) is 99.8 Å². The average molecular weight is 864 g/mol. The van der Waals surface area contributed by atoms with Gasteiger partial charge in [-0.15, -0.1) is 0 Å². The molecule has 0 amide bonds. The number of nitrogens with zero attached hydrogens (tertiary/aromatic N) is 3. The Bertz CT molecular complexity index is 3370. The lowest BCUT2D eigenvalue weighted by Gasteiger charge is -2.20. The lowest BCUT2D eigenvalue weighted by Crippen LogP contribution is -2.24. The van der Waals surface area contributed by atoms with E-state index in [1.165, 1.54) is 0 Å². The van der Waals surface area contributed by atoms with Crippen molar-refractivity contribution in [1.82, 2.24) is 14.4 Å². The van der Waals surface area contributed by atoms with Crippen molar-refractivity contribution >= 4 is 68.7 Å². The van der Waals surface area contributed by atoms with E-state index in [-0.39, 0.29) is 0 Å². The molecule has 64 heavy (non-hydrogen) atoms. The monoisotopic (exact) mass is 863 g/mol. The summed E-state index contributed by atoms with van der Waals surface area (Å²) in [6.07, 6.45) is 5.30. The highest BCUT2D eigenvalue weighted by Crippen LogP contribution is 2.44. The predicted octanol–water partition coefficient (Wildman–Crippen LogP) is 11.4. The zero-order valence-electron chi connectivity index (χ0n) is 35.2. The molecule has 0 saturated carbocycles. The van der Waals surface area contributed by atoms with Gasteiger partial charge in [-0.2, -0.15) is 0 Å². The normalized spacial score (nSPS) is 13.9. The van der Waals surface area contributed by atoms with Gasteiger partial charge < -0.3 is 9.13 Å². The maximum atomic E-state index is 15.1. The van der Waals surface area contributed by atoms with E-state index in [0.29, 0.717) is 5.92 Å². The third-order valence-corrected chi connectivity index (χ3v) is 18.6. The molecule has 7 heteroatoms. The fourth-order valence-electron chi connectivity index (χ4n) is 9.18. The standard InChI is InChI=1S/C57H43N3O2P2/c1-40-25-36-55-54(37-40)59-57-52-39-44(42-28-33-51(34-29-42)64(62,48-21-10-4-11-22-48)49-23-12-5-13-24-49)30-35-53(52)58-56(60(55)57)45-16-14-15-43(38-45)41-26-31-50(32-27-41)63(61,46-17-6-2-7-18-46)47-19-8-3-9-20-47/h2-36,38-40H,37H2,1H3/t40-/m1/s1. The molecule has 0 aliphatic heterocycles. The number of imidazole rings is 1. The van der Waals surface area contributed by atoms with Gasteiger partial charge in [0.2, 0.25) is 0 Å². The van der Waals surface area contributed by atoms with Crippen molar-refractivity contribution in [3.05, 3.63) is 230 Å². The van der Waals surface area contributed by atoms with E-state index in [1.54, 1.807) is 0 Å². The number of hydrogen-bond acceptors (Lipinski definition) is 4. The summed E-state index contributed by atoms with van der Waals surface area (Å²) in [7, 11) is -6.20. The second kappa shape index (κ2) is 16.2. The quantitative estimate of drug-likeness (QED) is 0.136. The van der Waals surface area contributed by atoms with Gasteiger partial charge in [-0.05, 0) is 58.9 Å². The van der Waals surface area contributed by atoms with E-state index >= 15 is 9.13 Å². The summed E-state index contributed by atoms with van der Waals surface area (Å²) in [6.45, 7) is 2.23. The molecule has 1 atom stereocenters. The van der Waals surface area contributed by atoms with Crippen LogP contribution in [-0.4, -0.2) is 14.4 Å². The minimum Gasteiger partial charge on any atom is -0.309 e. The van der Waals surface area contributed by atoms with E-state index in [2.05, 4.69) is 90.2 Å². The van der Waals surface area contributed by atoms with Crippen LogP contribution in [0, 0.1) is 5.92 Å². The van der Waals surface area contributed by atoms with Crippen LogP contribution in [-0.2, 0) is 15.6 Å². The summed E-state index contributed by atoms with van der Waals surface area (Å²) < 4.78 is 32.4. The molecule has 2 aromatic heterocycles. The SMILES string of the molecule is C[C@@H]1C=Cc2c(nc3c4cc(-c5ccc(P(=O)(c6ccccc6)c6ccccc6)cc5)ccc4nc(-c4cccc(-c5ccc(P(=O)(c6ccccc6)c6ccccc6)cc5)c4)n23)C1. The third-order valence-electron chi connectivity index (χ3n) is 12.5. The van der Waals surface area contributed by atoms with Crippen LogP contribution in [0.2, 0.25) is 0 Å². The van der Waals surface area contributed by atoms with Gasteiger partial charge in [-0.1, -0.05) is 207 Å². The first kappa shape index (κ1) is 39.7. The van der Waals surface area contributed by atoms with Gasteiger partial charge in [0.25, 0.3) is 0 Å². The molecule has 0 fully saturated rings. The molecular formula is C57H43N3O2P2. The van der Waals surface area contributed by atoms with Gasteiger partial charge in [-0.25, -0.2) is 9.97 Å². The fraction of sp³-hybridized carbons (Fsp3) is 0.0526. The lowest BCUT2D eigenvalue weighted by atomic mass is 9.98. The summed E-state index contributed by atoms with van der Waals surface area (Å²) in [6, 6.07) is 70.4. The maximum Gasteiger partial charge on any atom is 0.171 e. The second-order valence-corrected chi connectivity index (χ2v) is 22.1. The van der Waals surface area contributed by atoms with Crippen LogP contribution in [0.15, 0.2) is 218 Å². The van der Waals surface area contributed by atoms with Crippen LogP contribution in [0.5, 0.6) is 0 Å². The highest BCUT2D eigenvalue weighted by atomic mass is 31.2. The molecule has 1 aliphatic carbocycles. The van der Waals surface area contributed by atoms with Gasteiger partial charge in [-0.3, -0.25) is 4.40 Å². The predicted molar refractivity (Wildman–Crippen MR) is 267 cm³/mol. The first-order valence-electron chi connectivity index (χ1n) is 21.7. The molecular weight excluding hydrogens is 821 g/mol. The maximum absolute atomic E-state index is 15.1. The van der Waals surface area contributed by atoms with Crippen LogP contribution in [0.3, 0.4) is 0 Å². The van der Waals surface area contributed by atoms with Crippen LogP contribution in [0.4, 0.5) is 0 Å². The number of fused-ring (bicyclic) bond motifs is 5. The molecule has 11 rings (SSSR count). The van der Waals surface area contributed by atoms with Gasteiger partial charge >= 0.3 is 0 Å². The largest absolute Gasteiger partial charge is 0.309 e. The topological polar surface area (TPSA) is 64.3 Å². The highest BCUT2D eigenvalue weighted by molar-refractivity contribution is 7.85. The zero-order valence-corrected chi connectivity index (χ0v) is 37.0. The van der Waals surface area contributed by atoms with E-state index < -0.39 is 14.3 Å². The van der Waals surface area contributed by atoms with Gasteiger partial charge in [0, 0.05) is 42.8 Å². The van der Waals surface area contributed by atoms with Crippen molar-refractivity contribution in [2.75, 3.05) is 0 Å². The van der Waals surface area contributed by atoms with E-state index in [9.17, 15) is 0 Å². The van der Waals surface area contributed by atoms with Crippen molar-refractivity contribution in [2.24, 2.45) is 5.92 Å². The van der Waals surface area contributed by atoms with Crippen LogP contribution >= 0.6 is 14.3 Å². The molecule has 0 N–H and O–H groups in total. The fourth-order valence-corrected chi connectivity index (χ4v) is 14.5. The smallest absolute Gasteiger partial charge is 0.171 e.